The minimum atomic E-state index is -0.0881. The van der Waals surface area contributed by atoms with Crippen LogP contribution in [0, 0.1) is 0 Å². The van der Waals surface area contributed by atoms with Crippen molar-refractivity contribution in [1.82, 2.24) is 0 Å². The topological polar surface area (TPSA) is 0 Å². The van der Waals surface area contributed by atoms with Gasteiger partial charge in [0.05, 0.1) is 32.7 Å². The molecule has 0 heterocycles. The highest BCUT2D eigenvalue weighted by molar-refractivity contribution is 7.97. The first-order valence-corrected chi connectivity index (χ1v) is 55.8. The summed E-state index contributed by atoms with van der Waals surface area (Å²) in [6.07, 6.45) is 84.9. The maximum atomic E-state index is 2.52. The summed E-state index contributed by atoms with van der Waals surface area (Å²) in [7, 11) is -0.203. The fraction of sp³-hybridized carbons (Fsp3) is 0.550. The van der Waals surface area contributed by atoms with Crippen molar-refractivity contribution < 1.29 is 0 Å². The van der Waals surface area contributed by atoms with Crippen LogP contribution in [0.2, 0.25) is 0 Å². The van der Waals surface area contributed by atoms with Crippen LogP contribution in [0.15, 0.2) is 281 Å². The quantitative estimate of drug-likeness (QED) is 0.0898. The number of benzene rings is 9. The molecule has 6 aliphatic carbocycles. The van der Waals surface area contributed by atoms with Gasteiger partial charge in [0, 0.05) is 0 Å². The Morgan fingerprint density at radius 3 is 0.317 bits per heavy atom. The zero-order valence-corrected chi connectivity index (χ0v) is 79.6. The Morgan fingerprint density at radius 1 is 0.106 bits per heavy atom. The van der Waals surface area contributed by atoms with Crippen LogP contribution in [0.4, 0.5) is 0 Å². The average molecular weight is 1700 g/mol. The van der Waals surface area contributed by atoms with Crippen LogP contribution in [-0.4, -0.2) is 0 Å². The van der Waals surface area contributed by atoms with Crippen LogP contribution in [-0.2, 0) is 32.7 Å². The Hall–Kier alpha value is -5.97. The SMILES string of the molecule is c1cc([S+](c2ccc(C3CCCCCCCCC3)cc2)c2ccc(C3CCCCCCCCC3)cc2)ccc1C1CCCCCCCCC1.c1ccc([S+](c2ccc(C3CCCCCCCCCCC3)cc2)c2ccc(C3CCCCCCCCCCC3)cc2)cc1.c1ccc([S+](c2ccccc2)c2ccc(C3CCCCCCCCCCC3)cc2)cc1. The van der Waals surface area contributed by atoms with Crippen molar-refractivity contribution in [2.75, 3.05) is 0 Å². The molecule has 0 unspecified atom stereocenters. The van der Waals surface area contributed by atoms with Crippen molar-refractivity contribution >= 4 is 32.7 Å². The molecule has 15 rings (SSSR count). The summed E-state index contributed by atoms with van der Waals surface area (Å²) in [5, 5.41) is 0. The number of rotatable bonds is 15. The van der Waals surface area contributed by atoms with Gasteiger partial charge in [-0.25, -0.2) is 0 Å². The highest BCUT2D eigenvalue weighted by Crippen LogP contribution is 2.43. The maximum Gasteiger partial charge on any atom is 0.166 e. The van der Waals surface area contributed by atoms with Crippen LogP contribution in [0.3, 0.4) is 0 Å². The summed E-state index contributed by atoms with van der Waals surface area (Å²) < 4.78 is 0. The Morgan fingerprint density at radius 2 is 0.203 bits per heavy atom. The average Bonchev–Trinajstić information content (AvgIpc) is 0.789. The zero-order chi connectivity index (χ0) is 83.9. The van der Waals surface area contributed by atoms with Crippen molar-refractivity contribution in [3.8, 4) is 0 Å². The summed E-state index contributed by atoms with van der Waals surface area (Å²) in [5.74, 6) is 4.42. The molecule has 0 saturated heterocycles. The Balaban J connectivity index is 0.000000163. The van der Waals surface area contributed by atoms with Crippen molar-refractivity contribution in [3.63, 3.8) is 0 Å². The van der Waals surface area contributed by atoms with E-state index in [1.807, 2.05) is 0 Å². The van der Waals surface area contributed by atoms with E-state index < -0.39 is 0 Å². The van der Waals surface area contributed by atoms with Gasteiger partial charge < -0.3 is 0 Å². The largest absolute Gasteiger partial charge is 0.166 e. The minimum absolute atomic E-state index is 0.0433. The summed E-state index contributed by atoms with van der Waals surface area (Å²) >= 11 is 0. The molecule has 0 N–H and O–H groups in total. The molecule has 0 amide bonds. The lowest BCUT2D eigenvalue weighted by Crippen LogP contribution is -2.08. The third-order valence-electron chi connectivity index (χ3n) is 29.6. The van der Waals surface area contributed by atoms with E-state index in [0.717, 1.165) is 35.5 Å². The van der Waals surface area contributed by atoms with Gasteiger partial charge in [0.15, 0.2) is 44.1 Å². The van der Waals surface area contributed by atoms with Crippen molar-refractivity contribution in [2.45, 2.75) is 465 Å². The molecule has 0 atom stereocenters. The minimum Gasteiger partial charge on any atom is -0.0619 e. The Bertz CT molecular complexity index is 3820. The van der Waals surface area contributed by atoms with Crippen molar-refractivity contribution in [2.24, 2.45) is 0 Å². The molecule has 0 aliphatic heterocycles. The molecule has 0 bridgehead atoms. The monoisotopic (exact) mass is 1700 g/mol. The van der Waals surface area contributed by atoms with Gasteiger partial charge in [-0.3, -0.25) is 0 Å². The van der Waals surface area contributed by atoms with E-state index in [2.05, 4.69) is 237 Å². The second-order valence-electron chi connectivity index (χ2n) is 38.9. The van der Waals surface area contributed by atoms with Gasteiger partial charge in [0.1, 0.15) is 0 Å². The Labute approximate surface area is 761 Å². The molecule has 3 heteroatoms. The van der Waals surface area contributed by atoms with E-state index in [9.17, 15) is 0 Å². The van der Waals surface area contributed by atoms with Gasteiger partial charge in [-0.2, -0.15) is 0 Å². The third kappa shape index (κ3) is 32.3. The van der Waals surface area contributed by atoms with Crippen LogP contribution >= 0.6 is 0 Å². The highest BCUT2D eigenvalue weighted by Gasteiger charge is 2.34. The Kier molecular flexibility index (Phi) is 43.4. The fourth-order valence-electron chi connectivity index (χ4n) is 22.1. The summed E-state index contributed by atoms with van der Waals surface area (Å²) in [6, 6.07) is 93.1. The first kappa shape index (κ1) is 94.6. The summed E-state index contributed by atoms with van der Waals surface area (Å²) in [6.45, 7) is 0. The fourth-order valence-corrected chi connectivity index (χ4v) is 28.3. The van der Waals surface area contributed by atoms with Crippen LogP contribution in [0.1, 0.15) is 454 Å². The van der Waals surface area contributed by atoms with Gasteiger partial charge in [-0.05, 0) is 255 Å². The van der Waals surface area contributed by atoms with Gasteiger partial charge in [-0.15, -0.1) is 0 Å². The molecule has 9 aromatic rings. The normalized spacial score (nSPS) is 19.7. The van der Waals surface area contributed by atoms with E-state index in [-0.39, 0.29) is 32.7 Å². The van der Waals surface area contributed by atoms with Crippen LogP contribution in [0.5, 0.6) is 0 Å². The van der Waals surface area contributed by atoms with E-state index in [1.165, 1.54) is 429 Å². The van der Waals surface area contributed by atoms with E-state index in [4.69, 9.17) is 0 Å². The van der Waals surface area contributed by atoms with Gasteiger partial charge >= 0.3 is 0 Å². The lowest BCUT2D eigenvalue weighted by Gasteiger charge is -2.20. The molecule has 6 fully saturated rings. The summed E-state index contributed by atoms with van der Waals surface area (Å²) in [5.41, 5.74) is 9.48. The molecular weight excluding hydrogens is 1540 g/mol. The maximum absolute atomic E-state index is 2.52. The molecular formula is C120H165S3+3. The van der Waals surface area contributed by atoms with Gasteiger partial charge in [-0.1, -0.05) is 436 Å². The smallest absolute Gasteiger partial charge is 0.0619 e. The predicted molar refractivity (Wildman–Crippen MR) is 538 cm³/mol. The second kappa shape index (κ2) is 56.4. The van der Waals surface area contributed by atoms with E-state index >= 15 is 0 Å². The molecule has 0 spiro atoms. The van der Waals surface area contributed by atoms with Crippen LogP contribution < -0.4 is 0 Å². The molecule has 6 aliphatic rings. The standard InChI is InChI=1S/C48H69S.C42H59S.C30H37S/c1-4-10-16-22-40(23-17-11-5-1)43-28-34-46(35-29-43)49(47-36-30-44(31-37-47)41-24-18-12-6-2-7-13-19-25-41)48-38-32-45(33-39-48)42-26-20-14-8-3-9-15-21-27-42;1-3-7-11-16-22-36(23-17-12-8-4-1)38-28-32-41(33-29-38)43(40-26-20-15-21-27-40)42-34-30-39(31-35-42)37-24-18-13-9-5-2-6-10-14-19-25-37;1-2-4-6-10-16-26(17-11-7-5-3-1)27-22-24-30(25-23-27)31(28-18-12-8-13-19-28)29-20-14-9-15-21-29/h28-42H,1-27H2;15,20-21,26-37H,1-14,16-19,22-25H2;8-9,12-15,18-26H,1-7,10-11,16-17H2/q3*+1. The molecule has 0 nitrogen and oxygen atoms in total. The molecule has 660 valence electrons. The van der Waals surface area contributed by atoms with Crippen molar-refractivity contribution in [1.29, 1.82) is 0 Å². The molecule has 0 aromatic heterocycles. The molecule has 9 aromatic carbocycles. The highest BCUT2D eigenvalue weighted by atomic mass is 32.2. The van der Waals surface area contributed by atoms with E-state index in [0.29, 0.717) is 0 Å². The first-order valence-electron chi connectivity index (χ1n) is 52.1. The van der Waals surface area contributed by atoms with Gasteiger partial charge in [0.25, 0.3) is 0 Å². The lowest BCUT2D eigenvalue weighted by molar-refractivity contribution is 0.462. The molecule has 0 radical (unpaired) electrons. The molecule has 123 heavy (non-hydrogen) atoms. The number of hydrogen-bond acceptors (Lipinski definition) is 0. The van der Waals surface area contributed by atoms with Gasteiger partial charge in [0.2, 0.25) is 0 Å². The van der Waals surface area contributed by atoms with E-state index in [1.54, 1.807) is 33.4 Å². The van der Waals surface area contributed by atoms with Crippen LogP contribution in [0.25, 0.3) is 0 Å². The second-order valence-corrected chi connectivity index (χ2v) is 45.0. The zero-order valence-electron chi connectivity index (χ0n) is 77.1. The first-order chi connectivity index (χ1) is 61.1. The predicted octanol–water partition coefficient (Wildman–Crippen LogP) is 38.3. The third-order valence-corrected chi connectivity index (χ3v) is 36.3. The van der Waals surface area contributed by atoms with Crippen molar-refractivity contribution in [3.05, 3.63) is 270 Å². The summed E-state index contributed by atoms with van der Waals surface area (Å²) in [4.78, 5) is 13.0. The number of hydrogen-bond donors (Lipinski definition) is 0. The molecule has 6 saturated carbocycles. The lowest BCUT2D eigenvalue weighted by atomic mass is 9.87.